The number of aryl methyl sites for hydroxylation is 2. The van der Waals surface area contributed by atoms with E-state index >= 15 is 0 Å². The lowest BCUT2D eigenvalue weighted by Crippen LogP contribution is -2.27. The summed E-state index contributed by atoms with van der Waals surface area (Å²) < 4.78 is 41.4. The monoisotopic (exact) mass is 358 g/mol. The number of hydrogen-bond donors (Lipinski definition) is 0. The standard InChI is InChI=1S/C16H17F3N2O2S/c1-4-13-20-10(2)14(24-13)15(22)21(3)9-11-7-5-6-8-12(11)23-16(17,18)19/h5-8H,4,9H2,1-3H3. The van der Waals surface area contributed by atoms with Crippen LogP contribution < -0.4 is 4.74 Å². The molecule has 1 heterocycles. The van der Waals surface area contributed by atoms with E-state index < -0.39 is 6.36 Å². The molecule has 1 aromatic carbocycles. The van der Waals surface area contributed by atoms with E-state index in [0.717, 1.165) is 11.4 Å². The quantitative estimate of drug-likeness (QED) is 0.805. The van der Waals surface area contributed by atoms with Gasteiger partial charge in [0.1, 0.15) is 10.6 Å². The summed E-state index contributed by atoms with van der Waals surface area (Å²) in [5.74, 6) is -0.577. The fourth-order valence-corrected chi connectivity index (χ4v) is 3.16. The van der Waals surface area contributed by atoms with Crippen molar-refractivity contribution in [2.24, 2.45) is 0 Å². The van der Waals surface area contributed by atoms with E-state index in [1.54, 1.807) is 13.0 Å². The molecule has 0 saturated carbocycles. The van der Waals surface area contributed by atoms with E-state index in [9.17, 15) is 18.0 Å². The minimum atomic E-state index is -4.77. The number of alkyl halides is 3. The molecular formula is C16H17F3N2O2S. The van der Waals surface area contributed by atoms with Crippen molar-refractivity contribution in [1.29, 1.82) is 0 Å². The van der Waals surface area contributed by atoms with Gasteiger partial charge >= 0.3 is 6.36 Å². The summed E-state index contributed by atoms with van der Waals surface area (Å²) in [7, 11) is 1.54. The van der Waals surface area contributed by atoms with Gasteiger partial charge in [-0.15, -0.1) is 24.5 Å². The van der Waals surface area contributed by atoms with E-state index in [0.29, 0.717) is 10.6 Å². The predicted octanol–water partition coefficient (Wildman–Crippen LogP) is 4.18. The summed E-state index contributed by atoms with van der Waals surface area (Å²) in [6.07, 6.45) is -4.05. The molecule has 0 aliphatic carbocycles. The number of nitrogens with zero attached hydrogens (tertiary/aromatic N) is 2. The molecule has 0 spiro atoms. The summed E-state index contributed by atoms with van der Waals surface area (Å²) in [5.41, 5.74) is 0.914. The van der Waals surface area contributed by atoms with Crippen LogP contribution in [0.3, 0.4) is 0 Å². The average molecular weight is 358 g/mol. The Balaban J connectivity index is 2.18. The van der Waals surface area contributed by atoms with Crippen LogP contribution in [-0.4, -0.2) is 29.2 Å². The SMILES string of the molecule is CCc1nc(C)c(C(=O)N(C)Cc2ccccc2OC(F)(F)F)s1. The van der Waals surface area contributed by atoms with Crippen molar-refractivity contribution in [2.75, 3.05) is 7.05 Å². The number of para-hydroxylation sites is 1. The number of ether oxygens (including phenoxy) is 1. The first kappa shape index (κ1) is 18.3. The minimum absolute atomic E-state index is 0.00385. The van der Waals surface area contributed by atoms with Crippen molar-refractivity contribution in [2.45, 2.75) is 33.2 Å². The third-order valence-electron chi connectivity index (χ3n) is 3.29. The lowest BCUT2D eigenvalue weighted by atomic mass is 10.2. The van der Waals surface area contributed by atoms with E-state index in [1.807, 2.05) is 6.92 Å². The maximum absolute atomic E-state index is 12.5. The molecule has 2 rings (SSSR count). The Bertz CT molecular complexity index is 728. The molecule has 0 saturated heterocycles. The number of rotatable bonds is 5. The van der Waals surface area contributed by atoms with Gasteiger partial charge in [0.15, 0.2) is 0 Å². The molecule has 0 unspecified atom stereocenters. The maximum Gasteiger partial charge on any atom is 0.573 e. The Morgan fingerprint density at radius 2 is 2.00 bits per heavy atom. The minimum Gasteiger partial charge on any atom is -0.405 e. The maximum atomic E-state index is 12.5. The smallest absolute Gasteiger partial charge is 0.405 e. The van der Waals surface area contributed by atoms with Gasteiger partial charge in [0.25, 0.3) is 5.91 Å². The zero-order chi connectivity index (χ0) is 17.9. The average Bonchev–Trinajstić information content (AvgIpc) is 2.88. The number of thiazole rings is 1. The molecule has 1 aromatic heterocycles. The summed E-state index contributed by atoms with van der Waals surface area (Å²) in [6.45, 7) is 3.70. The molecule has 24 heavy (non-hydrogen) atoms. The molecule has 1 amide bonds. The Kier molecular flexibility index (Phi) is 5.48. The number of hydrogen-bond acceptors (Lipinski definition) is 4. The van der Waals surface area contributed by atoms with Crippen LogP contribution >= 0.6 is 11.3 Å². The highest BCUT2D eigenvalue weighted by atomic mass is 32.1. The molecule has 130 valence electrons. The van der Waals surface area contributed by atoms with E-state index in [4.69, 9.17) is 0 Å². The molecule has 8 heteroatoms. The first-order chi connectivity index (χ1) is 11.2. The first-order valence-electron chi connectivity index (χ1n) is 7.26. The molecule has 0 N–H and O–H groups in total. The normalized spacial score (nSPS) is 11.4. The molecule has 2 aromatic rings. The van der Waals surface area contributed by atoms with E-state index in [-0.39, 0.29) is 23.8 Å². The second-order valence-corrected chi connectivity index (χ2v) is 6.28. The second-order valence-electron chi connectivity index (χ2n) is 5.19. The fraction of sp³-hybridized carbons (Fsp3) is 0.375. The summed E-state index contributed by atoms with van der Waals surface area (Å²) >= 11 is 1.31. The third kappa shape index (κ3) is 4.47. The van der Waals surface area contributed by atoms with Gasteiger partial charge in [-0.3, -0.25) is 4.79 Å². The highest BCUT2D eigenvalue weighted by Gasteiger charge is 2.32. The predicted molar refractivity (Wildman–Crippen MR) is 85.2 cm³/mol. The van der Waals surface area contributed by atoms with Crippen molar-refractivity contribution < 1.29 is 22.7 Å². The molecule has 0 fully saturated rings. The summed E-state index contributed by atoms with van der Waals surface area (Å²) in [6, 6.07) is 5.79. The lowest BCUT2D eigenvalue weighted by Gasteiger charge is -2.19. The van der Waals surface area contributed by atoms with Crippen molar-refractivity contribution in [3.05, 3.63) is 45.4 Å². The molecular weight excluding hydrogens is 341 g/mol. The van der Waals surface area contributed by atoms with Gasteiger partial charge in [-0.2, -0.15) is 0 Å². The summed E-state index contributed by atoms with van der Waals surface area (Å²) in [4.78, 5) is 18.7. The Morgan fingerprint density at radius 1 is 1.33 bits per heavy atom. The highest BCUT2D eigenvalue weighted by molar-refractivity contribution is 7.13. The lowest BCUT2D eigenvalue weighted by molar-refractivity contribution is -0.274. The van der Waals surface area contributed by atoms with E-state index in [1.165, 1.54) is 41.5 Å². The molecule has 0 bridgehead atoms. The largest absolute Gasteiger partial charge is 0.573 e. The number of amides is 1. The van der Waals surface area contributed by atoms with Gasteiger partial charge in [-0.05, 0) is 19.4 Å². The van der Waals surface area contributed by atoms with Crippen molar-refractivity contribution >= 4 is 17.2 Å². The van der Waals surface area contributed by atoms with Crippen molar-refractivity contribution in [1.82, 2.24) is 9.88 Å². The van der Waals surface area contributed by atoms with Crippen LogP contribution in [0, 0.1) is 6.92 Å². The highest BCUT2D eigenvalue weighted by Crippen LogP contribution is 2.28. The zero-order valence-electron chi connectivity index (χ0n) is 13.5. The van der Waals surface area contributed by atoms with Crippen LogP contribution in [0.15, 0.2) is 24.3 Å². The molecule has 4 nitrogen and oxygen atoms in total. The number of carbonyl (C=O) groups is 1. The van der Waals surface area contributed by atoms with Crippen LogP contribution in [0.4, 0.5) is 13.2 Å². The molecule has 0 aliphatic rings. The third-order valence-corrected chi connectivity index (χ3v) is 4.58. The van der Waals surface area contributed by atoms with Gasteiger partial charge in [-0.1, -0.05) is 25.1 Å². The van der Waals surface area contributed by atoms with Crippen molar-refractivity contribution in [3.8, 4) is 5.75 Å². The van der Waals surface area contributed by atoms with Crippen LogP contribution in [0.5, 0.6) is 5.75 Å². The summed E-state index contributed by atoms with van der Waals surface area (Å²) in [5, 5.41) is 0.852. The van der Waals surface area contributed by atoms with Gasteiger partial charge in [0.2, 0.25) is 0 Å². The Hall–Kier alpha value is -2.09. The van der Waals surface area contributed by atoms with Gasteiger partial charge in [-0.25, -0.2) is 4.98 Å². The molecule has 0 atom stereocenters. The number of halogens is 3. The first-order valence-corrected chi connectivity index (χ1v) is 8.08. The van der Waals surface area contributed by atoms with Crippen molar-refractivity contribution in [3.63, 3.8) is 0 Å². The Labute approximate surface area is 141 Å². The molecule has 0 radical (unpaired) electrons. The van der Waals surface area contributed by atoms with E-state index in [2.05, 4.69) is 9.72 Å². The Morgan fingerprint density at radius 3 is 2.58 bits per heavy atom. The topological polar surface area (TPSA) is 42.4 Å². The van der Waals surface area contributed by atoms with Gasteiger partial charge in [0.05, 0.1) is 10.7 Å². The van der Waals surface area contributed by atoms with Gasteiger partial charge < -0.3 is 9.64 Å². The number of carbonyl (C=O) groups excluding carboxylic acids is 1. The fourth-order valence-electron chi connectivity index (χ4n) is 2.16. The van der Waals surface area contributed by atoms with Crippen LogP contribution in [0.1, 0.15) is 32.9 Å². The van der Waals surface area contributed by atoms with Crippen LogP contribution in [-0.2, 0) is 13.0 Å². The number of benzene rings is 1. The van der Waals surface area contributed by atoms with Crippen LogP contribution in [0.2, 0.25) is 0 Å². The number of aromatic nitrogens is 1. The van der Waals surface area contributed by atoms with Crippen LogP contribution in [0.25, 0.3) is 0 Å². The second kappa shape index (κ2) is 7.21. The molecule has 0 aliphatic heterocycles. The zero-order valence-corrected chi connectivity index (χ0v) is 14.3. The van der Waals surface area contributed by atoms with Gasteiger partial charge in [0, 0.05) is 19.2 Å².